The molecule has 5 nitrogen and oxygen atoms in total. The van der Waals surface area contributed by atoms with E-state index in [9.17, 15) is 14.7 Å². The number of likely N-dealkylation sites (tertiary alicyclic amines) is 1. The van der Waals surface area contributed by atoms with Crippen molar-refractivity contribution in [3.05, 3.63) is 11.8 Å². The summed E-state index contributed by atoms with van der Waals surface area (Å²) in [4.78, 5) is 23.5. The summed E-state index contributed by atoms with van der Waals surface area (Å²) in [5, 5.41) is 9.20. The van der Waals surface area contributed by atoms with Gasteiger partial charge in [0.15, 0.2) is 0 Å². The smallest absolute Gasteiger partial charge is 0.332 e. The summed E-state index contributed by atoms with van der Waals surface area (Å²) < 4.78 is 4.43. The average Bonchev–Trinajstić information content (AvgIpc) is 2.45. The van der Waals surface area contributed by atoms with Gasteiger partial charge in [-0.15, -0.1) is 0 Å². The summed E-state index contributed by atoms with van der Waals surface area (Å²) in [6.07, 6.45) is 0.714. The monoisotopic (exact) mass is 199 g/mol. The molecule has 1 heterocycles. The van der Waals surface area contributed by atoms with Gasteiger partial charge in [-0.3, -0.25) is 4.79 Å². The number of methoxy groups -OCH3 is 1. The molecule has 14 heavy (non-hydrogen) atoms. The zero-order valence-corrected chi connectivity index (χ0v) is 8.19. The molecule has 1 saturated heterocycles. The Morgan fingerprint density at radius 2 is 2.36 bits per heavy atom. The van der Waals surface area contributed by atoms with Crippen LogP contribution in [0, 0.1) is 0 Å². The molecule has 1 amide bonds. The molecule has 0 radical (unpaired) electrons. The number of hydrogen-bond acceptors (Lipinski definition) is 4. The molecule has 1 aliphatic heterocycles. The van der Waals surface area contributed by atoms with E-state index in [0.717, 1.165) is 0 Å². The van der Waals surface area contributed by atoms with Crippen LogP contribution in [0.25, 0.3) is 0 Å². The van der Waals surface area contributed by atoms with Crippen LogP contribution in [-0.2, 0) is 14.3 Å². The number of allylic oxidation sites excluding steroid dienone is 1. The molecule has 1 fully saturated rings. The minimum Gasteiger partial charge on any atom is -0.466 e. The Morgan fingerprint density at radius 1 is 1.71 bits per heavy atom. The molecule has 1 rings (SSSR count). The van der Waals surface area contributed by atoms with Crippen molar-refractivity contribution < 1.29 is 19.4 Å². The summed E-state index contributed by atoms with van der Waals surface area (Å²) in [6.45, 7) is 1.88. The van der Waals surface area contributed by atoms with Gasteiger partial charge in [-0.1, -0.05) is 0 Å². The van der Waals surface area contributed by atoms with Gasteiger partial charge in [0.2, 0.25) is 5.91 Å². The highest BCUT2D eigenvalue weighted by Crippen LogP contribution is 2.16. The second-order valence-corrected chi connectivity index (χ2v) is 3.17. The summed E-state index contributed by atoms with van der Waals surface area (Å²) in [7, 11) is 1.27. The second kappa shape index (κ2) is 4.23. The van der Waals surface area contributed by atoms with Crippen molar-refractivity contribution >= 4 is 11.9 Å². The lowest BCUT2D eigenvalue weighted by Gasteiger charge is -2.15. The van der Waals surface area contributed by atoms with Gasteiger partial charge in [0, 0.05) is 11.8 Å². The van der Waals surface area contributed by atoms with E-state index >= 15 is 0 Å². The number of nitrogens with zero attached hydrogens (tertiary/aromatic N) is 1. The van der Waals surface area contributed by atoms with Crippen LogP contribution in [0.1, 0.15) is 13.3 Å². The van der Waals surface area contributed by atoms with Crippen LogP contribution in [-0.4, -0.2) is 41.6 Å². The molecule has 0 saturated carbocycles. The molecule has 1 N–H and O–H groups in total. The van der Waals surface area contributed by atoms with Crippen LogP contribution in [0.15, 0.2) is 11.8 Å². The van der Waals surface area contributed by atoms with E-state index in [0.29, 0.717) is 5.70 Å². The van der Waals surface area contributed by atoms with Crippen LogP contribution in [0.2, 0.25) is 0 Å². The molecule has 0 aliphatic carbocycles. The molecule has 1 aliphatic rings. The van der Waals surface area contributed by atoms with Crippen molar-refractivity contribution in [2.45, 2.75) is 19.4 Å². The molecular weight excluding hydrogens is 186 g/mol. The van der Waals surface area contributed by atoms with Crippen LogP contribution in [0.3, 0.4) is 0 Å². The average molecular weight is 199 g/mol. The Balaban J connectivity index is 2.70. The van der Waals surface area contributed by atoms with E-state index < -0.39 is 12.1 Å². The van der Waals surface area contributed by atoms with Crippen molar-refractivity contribution in [1.29, 1.82) is 0 Å². The van der Waals surface area contributed by atoms with E-state index in [2.05, 4.69) is 4.74 Å². The summed E-state index contributed by atoms with van der Waals surface area (Å²) in [5.74, 6) is -0.674. The second-order valence-electron chi connectivity index (χ2n) is 3.17. The Labute approximate surface area is 82.0 Å². The first kappa shape index (κ1) is 10.7. The number of aliphatic hydroxyl groups excluding tert-OH is 1. The Bertz CT molecular complexity index is 285. The third-order valence-electron chi connectivity index (χ3n) is 2.06. The van der Waals surface area contributed by atoms with Gasteiger partial charge < -0.3 is 14.7 Å². The third kappa shape index (κ3) is 2.32. The lowest BCUT2D eigenvalue weighted by molar-refractivity contribution is -0.135. The van der Waals surface area contributed by atoms with Gasteiger partial charge in [-0.2, -0.15) is 0 Å². The zero-order chi connectivity index (χ0) is 10.7. The summed E-state index contributed by atoms with van der Waals surface area (Å²) >= 11 is 0. The quantitative estimate of drug-likeness (QED) is 0.488. The fourth-order valence-electron chi connectivity index (χ4n) is 1.34. The number of ether oxygens (including phenoxy) is 1. The van der Waals surface area contributed by atoms with Gasteiger partial charge >= 0.3 is 5.97 Å². The highest BCUT2D eigenvalue weighted by Gasteiger charge is 2.29. The molecule has 78 valence electrons. The van der Waals surface area contributed by atoms with Crippen LogP contribution < -0.4 is 0 Å². The predicted octanol–water partition coefficient (Wildman–Crippen LogP) is -0.344. The van der Waals surface area contributed by atoms with Crippen molar-refractivity contribution in [3.63, 3.8) is 0 Å². The van der Waals surface area contributed by atoms with Crippen molar-refractivity contribution in [1.82, 2.24) is 4.90 Å². The Kier molecular flexibility index (Phi) is 3.24. The zero-order valence-electron chi connectivity index (χ0n) is 8.19. The maximum atomic E-state index is 11.3. The van der Waals surface area contributed by atoms with Crippen LogP contribution >= 0.6 is 0 Å². The lowest BCUT2D eigenvalue weighted by atomic mass is 10.3. The first-order valence-corrected chi connectivity index (χ1v) is 4.29. The molecule has 0 aromatic heterocycles. The molecule has 5 heteroatoms. The number of carbonyl (C=O) groups excluding carboxylic acids is 2. The first-order valence-electron chi connectivity index (χ1n) is 4.29. The normalized spacial score (nSPS) is 22.8. The van der Waals surface area contributed by atoms with Crippen LogP contribution in [0.5, 0.6) is 0 Å². The molecule has 1 atom stereocenters. The van der Waals surface area contributed by atoms with Gasteiger partial charge in [0.05, 0.1) is 26.2 Å². The number of β-amino-alcohol motifs (C(OH)–C–C–N with tert-alkyl or cyclic N) is 1. The van der Waals surface area contributed by atoms with Gasteiger partial charge in [-0.05, 0) is 6.92 Å². The van der Waals surface area contributed by atoms with Gasteiger partial charge in [-0.25, -0.2) is 4.79 Å². The summed E-state index contributed by atoms with van der Waals surface area (Å²) in [6, 6.07) is 0. The molecule has 0 bridgehead atoms. The fourth-order valence-corrected chi connectivity index (χ4v) is 1.34. The predicted molar refractivity (Wildman–Crippen MR) is 48.1 cm³/mol. The molecule has 1 unspecified atom stereocenters. The third-order valence-corrected chi connectivity index (χ3v) is 2.06. The van der Waals surface area contributed by atoms with E-state index in [1.54, 1.807) is 6.92 Å². The van der Waals surface area contributed by atoms with E-state index in [-0.39, 0.29) is 18.9 Å². The number of esters is 1. The molecule has 0 aromatic rings. The Morgan fingerprint density at radius 3 is 2.79 bits per heavy atom. The Hall–Kier alpha value is -1.36. The maximum Gasteiger partial charge on any atom is 0.332 e. The fraction of sp³-hybridized carbons (Fsp3) is 0.556. The van der Waals surface area contributed by atoms with E-state index in [4.69, 9.17) is 0 Å². The van der Waals surface area contributed by atoms with Crippen LogP contribution in [0.4, 0.5) is 0 Å². The first-order chi connectivity index (χ1) is 6.54. The highest BCUT2D eigenvalue weighted by molar-refractivity contribution is 5.85. The van der Waals surface area contributed by atoms with Crippen molar-refractivity contribution in [2.75, 3.05) is 13.7 Å². The highest BCUT2D eigenvalue weighted by atomic mass is 16.5. The molecule has 0 aromatic carbocycles. The number of hydrogen-bond donors (Lipinski definition) is 1. The summed E-state index contributed by atoms with van der Waals surface area (Å²) in [5.41, 5.74) is 0.499. The minimum absolute atomic E-state index is 0.117. The van der Waals surface area contributed by atoms with E-state index in [1.165, 1.54) is 18.1 Å². The SMILES string of the molecule is COC(=O)C=C(C)N1CC(O)CC1=O. The molecular formula is C9H13NO4. The van der Waals surface area contributed by atoms with Gasteiger partial charge in [0.25, 0.3) is 0 Å². The largest absolute Gasteiger partial charge is 0.466 e. The van der Waals surface area contributed by atoms with E-state index in [1.807, 2.05) is 0 Å². The topological polar surface area (TPSA) is 66.8 Å². The van der Waals surface area contributed by atoms with Crippen molar-refractivity contribution in [3.8, 4) is 0 Å². The number of aliphatic hydroxyl groups is 1. The number of carbonyl (C=O) groups is 2. The molecule has 0 spiro atoms. The number of rotatable bonds is 2. The number of amides is 1. The minimum atomic E-state index is -0.636. The lowest BCUT2D eigenvalue weighted by Crippen LogP contribution is -2.24. The van der Waals surface area contributed by atoms with Gasteiger partial charge in [0.1, 0.15) is 0 Å². The van der Waals surface area contributed by atoms with Crippen molar-refractivity contribution in [2.24, 2.45) is 0 Å². The standard InChI is InChI=1S/C9H13NO4/c1-6(3-9(13)14-2)10-5-7(11)4-8(10)12/h3,7,11H,4-5H2,1-2H3. The maximum absolute atomic E-state index is 11.3.